The smallest absolute Gasteiger partial charge is 0.328 e. The van der Waals surface area contributed by atoms with E-state index in [4.69, 9.17) is 14.9 Å². The molecule has 0 aromatic heterocycles. The molecule has 0 aliphatic carbocycles. The van der Waals surface area contributed by atoms with Crippen molar-refractivity contribution < 1.29 is 34.1 Å². The lowest BCUT2D eigenvalue weighted by atomic mass is 10.0. The fourth-order valence-electron chi connectivity index (χ4n) is 7.72. The Morgan fingerprint density at radius 1 is 0.469 bits per heavy atom. The molecule has 9 heteroatoms. The first-order chi connectivity index (χ1) is 31.3. The fourth-order valence-corrected chi connectivity index (χ4v) is 7.72. The molecule has 0 heterocycles. The van der Waals surface area contributed by atoms with Gasteiger partial charge in [-0.1, -0.05) is 191 Å². The largest absolute Gasteiger partial charge is 0.480 e. The number of carboxylic acids is 1. The first-order valence-corrected chi connectivity index (χ1v) is 26.5. The van der Waals surface area contributed by atoms with Gasteiger partial charge in [-0.25, -0.2) is 4.79 Å². The molecule has 0 fully saturated rings. The van der Waals surface area contributed by atoms with Gasteiger partial charge in [-0.3, -0.25) is 14.4 Å². The summed E-state index contributed by atoms with van der Waals surface area (Å²) in [6.45, 7) is 3.48. The molecule has 9 nitrogen and oxygen atoms in total. The van der Waals surface area contributed by atoms with Crippen LogP contribution in [-0.4, -0.2) is 59.3 Å². The number of hydrogen-bond donors (Lipinski definition) is 4. The molecule has 0 aliphatic heterocycles. The van der Waals surface area contributed by atoms with Gasteiger partial charge in [0.2, 0.25) is 11.8 Å². The molecular formula is C55H98N2O7. The second-order valence-electron chi connectivity index (χ2n) is 18.0. The molecule has 0 saturated heterocycles. The van der Waals surface area contributed by atoms with Crippen molar-refractivity contribution in [2.45, 2.75) is 264 Å². The number of rotatable bonds is 48. The van der Waals surface area contributed by atoms with Crippen LogP contribution in [0.25, 0.3) is 0 Å². The van der Waals surface area contributed by atoms with E-state index >= 15 is 0 Å². The van der Waals surface area contributed by atoms with Gasteiger partial charge >= 0.3 is 11.9 Å². The monoisotopic (exact) mass is 899 g/mol. The van der Waals surface area contributed by atoms with E-state index < -0.39 is 24.5 Å². The van der Waals surface area contributed by atoms with Crippen molar-refractivity contribution >= 4 is 23.8 Å². The predicted octanol–water partition coefficient (Wildman–Crippen LogP) is 14.3. The third kappa shape index (κ3) is 45.4. The summed E-state index contributed by atoms with van der Waals surface area (Å²) < 4.78 is 6.05. The minimum atomic E-state index is -1.39. The van der Waals surface area contributed by atoms with Crippen molar-refractivity contribution in [3.05, 3.63) is 48.6 Å². The van der Waals surface area contributed by atoms with Crippen molar-refractivity contribution in [3.8, 4) is 0 Å². The Morgan fingerprint density at radius 2 is 0.859 bits per heavy atom. The van der Waals surface area contributed by atoms with Crippen LogP contribution < -0.4 is 10.6 Å². The summed E-state index contributed by atoms with van der Waals surface area (Å²) in [5.41, 5.74) is 0. The molecule has 0 rings (SSSR count). The Kier molecular flexibility index (Phi) is 46.8. The van der Waals surface area contributed by atoms with Crippen molar-refractivity contribution in [3.63, 3.8) is 0 Å². The molecule has 0 spiro atoms. The van der Waals surface area contributed by atoms with Gasteiger partial charge in [-0.2, -0.15) is 0 Å². The predicted molar refractivity (Wildman–Crippen MR) is 268 cm³/mol. The van der Waals surface area contributed by atoms with Gasteiger partial charge in [0.25, 0.3) is 0 Å². The number of carbonyl (C=O) groups is 4. The van der Waals surface area contributed by atoms with Crippen molar-refractivity contribution in [1.29, 1.82) is 0 Å². The molecule has 0 bridgehead atoms. The lowest BCUT2D eigenvalue weighted by Gasteiger charge is -2.18. The average Bonchev–Trinajstić information content (AvgIpc) is 3.28. The summed E-state index contributed by atoms with van der Waals surface area (Å²) >= 11 is 0. The molecule has 64 heavy (non-hydrogen) atoms. The molecule has 2 unspecified atom stereocenters. The molecule has 4 N–H and O–H groups in total. The number of allylic oxidation sites excluding steroid dienone is 8. The highest BCUT2D eigenvalue weighted by atomic mass is 16.5. The van der Waals surface area contributed by atoms with E-state index in [0.717, 1.165) is 83.5 Å². The summed E-state index contributed by atoms with van der Waals surface area (Å²) in [5, 5.41) is 22.6. The van der Waals surface area contributed by atoms with Crippen LogP contribution in [0.5, 0.6) is 0 Å². The topological polar surface area (TPSA) is 142 Å². The number of hydrogen-bond acceptors (Lipinski definition) is 6. The molecule has 2 amide bonds. The maximum atomic E-state index is 12.9. The van der Waals surface area contributed by atoms with Crippen LogP contribution in [0.2, 0.25) is 0 Å². The third-order valence-corrected chi connectivity index (χ3v) is 11.8. The summed E-state index contributed by atoms with van der Waals surface area (Å²) in [6.07, 6.45) is 60.1. The molecule has 370 valence electrons. The molecule has 0 saturated carbocycles. The van der Waals surface area contributed by atoms with Crippen LogP contribution in [0.15, 0.2) is 48.6 Å². The Balaban J connectivity index is 4.28. The molecule has 0 aromatic carbocycles. The van der Waals surface area contributed by atoms with Crippen LogP contribution in [0.1, 0.15) is 251 Å². The first-order valence-electron chi connectivity index (χ1n) is 26.5. The van der Waals surface area contributed by atoms with Gasteiger partial charge in [-0.05, 0) is 96.3 Å². The number of carboxylic acid groups (broad SMARTS) is 1. The lowest BCUT2D eigenvalue weighted by Crippen LogP contribution is -2.47. The maximum Gasteiger partial charge on any atom is 0.328 e. The summed E-state index contributed by atoms with van der Waals surface area (Å²) in [4.78, 5) is 47.8. The van der Waals surface area contributed by atoms with E-state index in [-0.39, 0.29) is 30.9 Å². The first kappa shape index (κ1) is 60.8. The maximum absolute atomic E-state index is 12.9. The number of aliphatic hydroxyl groups excluding tert-OH is 1. The molecule has 0 aliphatic rings. The van der Waals surface area contributed by atoms with Crippen molar-refractivity contribution in [2.24, 2.45) is 0 Å². The Morgan fingerprint density at radius 3 is 1.34 bits per heavy atom. The summed E-state index contributed by atoms with van der Waals surface area (Å²) in [6, 6.07) is -1.39. The SMILES string of the molecule is CCCCCCC/C=C\C/C=C\C/C=C\CCCCCCCCCCC(=O)OC(CCC/C=C\CCCCCCCCCC)CCCCCCCC(=O)NCC(=O)NC(CO)C(=O)O. The highest BCUT2D eigenvalue weighted by Gasteiger charge is 2.19. The number of aliphatic carboxylic acids is 1. The Labute approximate surface area is 392 Å². The number of amides is 2. The number of unbranched alkanes of at least 4 members (excludes halogenated alkanes) is 26. The highest BCUT2D eigenvalue weighted by molar-refractivity contribution is 5.87. The number of carbonyl (C=O) groups excluding carboxylic acids is 3. The zero-order chi connectivity index (χ0) is 46.8. The normalized spacial score (nSPS) is 12.8. The van der Waals surface area contributed by atoms with Gasteiger partial charge in [-0.15, -0.1) is 0 Å². The van der Waals surface area contributed by atoms with Gasteiger partial charge in [0, 0.05) is 12.8 Å². The number of aliphatic hydroxyl groups is 1. The zero-order valence-corrected chi connectivity index (χ0v) is 41.3. The van der Waals surface area contributed by atoms with Crippen LogP contribution in [0.4, 0.5) is 0 Å². The van der Waals surface area contributed by atoms with Crippen molar-refractivity contribution in [1.82, 2.24) is 10.6 Å². The van der Waals surface area contributed by atoms with E-state index in [1.165, 1.54) is 135 Å². The minimum absolute atomic E-state index is 0.0506. The van der Waals surface area contributed by atoms with Gasteiger partial charge < -0.3 is 25.6 Å². The third-order valence-electron chi connectivity index (χ3n) is 11.8. The lowest BCUT2D eigenvalue weighted by molar-refractivity contribution is -0.150. The fraction of sp³-hybridized carbons (Fsp3) is 0.782. The van der Waals surface area contributed by atoms with E-state index in [1.54, 1.807) is 0 Å². The minimum Gasteiger partial charge on any atom is -0.480 e. The summed E-state index contributed by atoms with van der Waals surface area (Å²) in [5.74, 6) is -2.31. The molecule has 0 radical (unpaired) electrons. The van der Waals surface area contributed by atoms with Crippen LogP contribution in [0.3, 0.4) is 0 Å². The highest BCUT2D eigenvalue weighted by Crippen LogP contribution is 2.18. The second-order valence-corrected chi connectivity index (χ2v) is 18.0. The van der Waals surface area contributed by atoms with Gasteiger partial charge in [0.15, 0.2) is 0 Å². The van der Waals surface area contributed by atoms with E-state index in [0.29, 0.717) is 12.8 Å². The van der Waals surface area contributed by atoms with Gasteiger partial charge in [0.05, 0.1) is 13.2 Å². The number of nitrogens with one attached hydrogen (secondary N) is 2. The van der Waals surface area contributed by atoms with E-state index in [9.17, 15) is 19.2 Å². The second kappa shape index (κ2) is 49.2. The molecule has 2 atom stereocenters. The van der Waals surface area contributed by atoms with Crippen LogP contribution in [-0.2, 0) is 23.9 Å². The quantitative estimate of drug-likeness (QED) is 0.0271. The van der Waals surface area contributed by atoms with Crippen molar-refractivity contribution in [2.75, 3.05) is 13.2 Å². The molecule has 0 aromatic rings. The standard InChI is InChI=1S/C55H98N2O7/c1-3-5-7-9-11-13-15-17-18-19-20-21-22-23-24-25-26-28-30-32-34-39-43-47-54(61)64-50(44-40-36-33-31-29-27-16-14-12-10-8-6-4-2)45-41-37-35-38-42-46-52(59)56-48-53(60)57-51(49-58)55(62)63/h15,17,19-20,22-23,31,33,50-51,58H,3-14,16,18,21,24-30,32,34-49H2,1-2H3,(H,56,59)(H,57,60)(H,62,63)/b17-15-,20-19-,23-22-,33-31-. The zero-order valence-electron chi connectivity index (χ0n) is 41.3. The van der Waals surface area contributed by atoms with Crippen LogP contribution in [0, 0.1) is 0 Å². The van der Waals surface area contributed by atoms with E-state index in [1.807, 2.05) is 0 Å². The number of ether oxygens (including phenoxy) is 1. The Bertz CT molecular complexity index is 1210. The Hall–Kier alpha value is -3.20. The average molecular weight is 899 g/mol. The molecular weight excluding hydrogens is 801 g/mol. The van der Waals surface area contributed by atoms with E-state index in [2.05, 4.69) is 73.1 Å². The van der Waals surface area contributed by atoms with Crippen LogP contribution >= 0.6 is 0 Å². The number of esters is 1. The van der Waals surface area contributed by atoms with Gasteiger partial charge in [0.1, 0.15) is 12.1 Å². The summed E-state index contributed by atoms with van der Waals surface area (Å²) in [7, 11) is 0.